The van der Waals surface area contributed by atoms with Gasteiger partial charge in [-0.2, -0.15) is 35.8 Å². The number of hydrazone groups is 1. The van der Waals surface area contributed by atoms with Crippen molar-refractivity contribution in [3.05, 3.63) is 39.9 Å². The standard InChI is InChI=1S/C10H6F7N3O2/c11-8(12,9(13,14)15)10(16,17)19-18-5-6-3-1-2-4-7(6)20(21)22/h1-5,19H/b18-5+. The zero-order chi connectivity index (χ0) is 17.2. The van der Waals surface area contributed by atoms with E-state index in [1.165, 1.54) is 12.1 Å². The summed E-state index contributed by atoms with van der Waals surface area (Å²) in [7, 11) is 0. The lowest BCUT2D eigenvalue weighted by Gasteiger charge is -2.27. The zero-order valence-corrected chi connectivity index (χ0v) is 10.2. The summed E-state index contributed by atoms with van der Waals surface area (Å²) in [5.74, 6) is -6.38. The SMILES string of the molecule is O=[N+]([O-])c1ccccc1/C=N/NC(F)(F)C(F)(F)C(F)(F)F. The Bertz CT molecular complexity index is 586. The highest BCUT2D eigenvalue weighted by Crippen LogP contribution is 2.44. The minimum atomic E-state index is -6.50. The molecular formula is C10H6F7N3O2. The second-order valence-corrected chi connectivity index (χ2v) is 3.83. The zero-order valence-electron chi connectivity index (χ0n) is 10.2. The predicted molar refractivity (Wildman–Crippen MR) is 59.8 cm³/mol. The summed E-state index contributed by atoms with van der Waals surface area (Å²) >= 11 is 0. The topological polar surface area (TPSA) is 67.5 Å². The van der Waals surface area contributed by atoms with Crippen molar-refractivity contribution in [1.29, 1.82) is 0 Å². The van der Waals surface area contributed by atoms with Gasteiger partial charge in [0.2, 0.25) is 0 Å². The molecule has 0 unspecified atom stereocenters. The third-order valence-electron chi connectivity index (χ3n) is 2.29. The van der Waals surface area contributed by atoms with Gasteiger partial charge in [-0.15, -0.1) is 0 Å². The first-order chi connectivity index (χ1) is 9.90. The fraction of sp³-hybridized carbons (Fsp3) is 0.300. The molecule has 122 valence electrons. The number of alkyl halides is 7. The third-order valence-corrected chi connectivity index (χ3v) is 2.29. The van der Waals surface area contributed by atoms with Gasteiger partial charge in [0.05, 0.1) is 16.7 Å². The molecule has 0 fully saturated rings. The van der Waals surface area contributed by atoms with E-state index in [9.17, 15) is 40.8 Å². The van der Waals surface area contributed by atoms with Crippen molar-refractivity contribution in [3.8, 4) is 0 Å². The molecule has 22 heavy (non-hydrogen) atoms. The molecule has 0 heterocycles. The minimum absolute atomic E-state index is 0.332. The van der Waals surface area contributed by atoms with Crippen LogP contribution in [-0.4, -0.2) is 29.3 Å². The first-order valence-corrected chi connectivity index (χ1v) is 5.26. The largest absolute Gasteiger partial charge is 0.462 e. The molecule has 12 heteroatoms. The van der Waals surface area contributed by atoms with Crippen LogP contribution < -0.4 is 5.43 Å². The van der Waals surface area contributed by atoms with Crippen LogP contribution >= 0.6 is 0 Å². The predicted octanol–water partition coefficient (Wildman–Crippen LogP) is 3.31. The Kier molecular flexibility index (Phi) is 4.63. The number of hydrogen-bond donors (Lipinski definition) is 1. The van der Waals surface area contributed by atoms with E-state index in [1.54, 1.807) is 0 Å². The summed E-state index contributed by atoms with van der Waals surface area (Å²) in [6.07, 6.45) is -6.17. The van der Waals surface area contributed by atoms with Crippen LogP contribution in [0.3, 0.4) is 0 Å². The van der Waals surface area contributed by atoms with Crippen molar-refractivity contribution >= 4 is 11.9 Å². The number of para-hydroxylation sites is 1. The van der Waals surface area contributed by atoms with E-state index >= 15 is 0 Å². The van der Waals surface area contributed by atoms with Gasteiger partial charge in [-0.05, 0) is 6.07 Å². The molecular weight excluding hydrogens is 327 g/mol. The van der Waals surface area contributed by atoms with E-state index in [2.05, 4.69) is 5.10 Å². The van der Waals surface area contributed by atoms with Gasteiger partial charge in [0.15, 0.2) is 0 Å². The van der Waals surface area contributed by atoms with Gasteiger partial charge in [-0.25, -0.2) is 5.43 Å². The van der Waals surface area contributed by atoms with Gasteiger partial charge in [-0.1, -0.05) is 12.1 Å². The van der Waals surface area contributed by atoms with Crippen LogP contribution in [0.15, 0.2) is 29.4 Å². The van der Waals surface area contributed by atoms with E-state index in [-0.39, 0.29) is 5.56 Å². The van der Waals surface area contributed by atoms with Crippen molar-refractivity contribution in [2.24, 2.45) is 5.10 Å². The number of hydrogen-bond acceptors (Lipinski definition) is 4. The molecule has 0 bridgehead atoms. The van der Waals surface area contributed by atoms with E-state index in [0.29, 0.717) is 11.6 Å². The highest BCUT2D eigenvalue weighted by Gasteiger charge is 2.73. The van der Waals surface area contributed by atoms with E-state index < -0.39 is 28.8 Å². The molecule has 5 nitrogen and oxygen atoms in total. The maximum absolute atomic E-state index is 12.8. The smallest absolute Gasteiger partial charge is 0.258 e. The summed E-state index contributed by atoms with van der Waals surface area (Å²) in [6.45, 7) is 0. The maximum atomic E-state index is 12.8. The van der Waals surface area contributed by atoms with Crippen molar-refractivity contribution in [2.45, 2.75) is 18.1 Å². The number of halogens is 7. The number of benzene rings is 1. The molecule has 1 N–H and O–H groups in total. The Labute approximate surface area is 117 Å². The molecule has 0 radical (unpaired) electrons. The average molecular weight is 333 g/mol. The average Bonchev–Trinajstić information content (AvgIpc) is 2.37. The summed E-state index contributed by atoms with van der Waals surface area (Å²) in [5.41, 5.74) is -0.604. The number of nitrogens with zero attached hydrogens (tertiary/aromatic N) is 2. The van der Waals surface area contributed by atoms with Crippen LogP contribution in [0.1, 0.15) is 5.56 Å². The molecule has 0 aliphatic heterocycles. The lowest BCUT2D eigenvalue weighted by Crippen LogP contribution is -2.58. The van der Waals surface area contributed by atoms with Crippen LogP contribution in [0.5, 0.6) is 0 Å². The van der Waals surface area contributed by atoms with E-state index in [1.807, 2.05) is 0 Å². The molecule has 0 amide bonds. The van der Waals surface area contributed by atoms with Gasteiger partial charge in [0.1, 0.15) is 0 Å². The maximum Gasteiger partial charge on any atom is 0.462 e. The van der Waals surface area contributed by atoms with Crippen LogP contribution in [0.4, 0.5) is 36.4 Å². The highest BCUT2D eigenvalue weighted by atomic mass is 19.4. The van der Waals surface area contributed by atoms with Gasteiger partial charge in [0, 0.05) is 6.07 Å². The third kappa shape index (κ3) is 3.43. The number of nitro groups is 1. The summed E-state index contributed by atoms with van der Waals surface area (Å²) in [4.78, 5) is 9.67. The molecule has 0 atom stereocenters. The first-order valence-electron chi connectivity index (χ1n) is 5.26. The second-order valence-electron chi connectivity index (χ2n) is 3.83. The fourth-order valence-corrected chi connectivity index (χ4v) is 1.19. The van der Waals surface area contributed by atoms with Gasteiger partial charge >= 0.3 is 18.1 Å². The van der Waals surface area contributed by atoms with E-state index in [4.69, 9.17) is 0 Å². The first kappa shape index (κ1) is 17.7. The Morgan fingerprint density at radius 2 is 1.64 bits per heavy atom. The van der Waals surface area contributed by atoms with Gasteiger partial charge < -0.3 is 0 Å². The monoisotopic (exact) mass is 333 g/mol. The minimum Gasteiger partial charge on any atom is -0.258 e. The Morgan fingerprint density at radius 3 is 2.14 bits per heavy atom. The molecule has 0 saturated heterocycles. The van der Waals surface area contributed by atoms with Crippen molar-refractivity contribution in [2.75, 3.05) is 0 Å². The van der Waals surface area contributed by atoms with Crippen molar-refractivity contribution in [1.82, 2.24) is 5.43 Å². The van der Waals surface area contributed by atoms with Gasteiger partial charge in [-0.3, -0.25) is 10.1 Å². The van der Waals surface area contributed by atoms with Crippen LogP contribution in [0, 0.1) is 10.1 Å². The molecule has 0 spiro atoms. The summed E-state index contributed by atoms with van der Waals surface area (Å²) in [6, 6.07) is -1.26. The van der Waals surface area contributed by atoms with Crippen molar-refractivity contribution < 1.29 is 35.7 Å². The fourth-order valence-electron chi connectivity index (χ4n) is 1.19. The van der Waals surface area contributed by atoms with Crippen LogP contribution in [0.25, 0.3) is 0 Å². The van der Waals surface area contributed by atoms with E-state index in [0.717, 1.165) is 12.1 Å². The summed E-state index contributed by atoms with van der Waals surface area (Å²) < 4.78 is 86.2. The Balaban J connectivity index is 2.97. The molecule has 0 aliphatic carbocycles. The second kappa shape index (κ2) is 5.77. The van der Waals surface area contributed by atoms with Crippen LogP contribution in [0.2, 0.25) is 0 Å². The molecule has 0 saturated carbocycles. The molecule has 1 aromatic rings. The molecule has 1 aromatic carbocycles. The lowest BCUT2D eigenvalue weighted by molar-refractivity contribution is -0.385. The number of nitro benzene ring substituents is 1. The number of rotatable bonds is 5. The molecule has 1 rings (SSSR count). The molecule has 0 aliphatic rings. The van der Waals surface area contributed by atoms with Crippen molar-refractivity contribution in [3.63, 3.8) is 0 Å². The molecule has 0 aromatic heterocycles. The normalized spacial score (nSPS) is 13.4. The Hall–Kier alpha value is -2.40. The summed E-state index contributed by atoms with van der Waals surface area (Å²) in [5, 5.41) is 13.1. The number of nitrogens with one attached hydrogen (secondary N) is 1. The Morgan fingerprint density at radius 1 is 1.09 bits per heavy atom. The quantitative estimate of drug-likeness (QED) is 0.296. The van der Waals surface area contributed by atoms with Gasteiger partial charge in [0.25, 0.3) is 5.69 Å². The van der Waals surface area contributed by atoms with Crippen LogP contribution in [-0.2, 0) is 0 Å². The lowest BCUT2D eigenvalue weighted by atomic mass is 10.2. The highest BCUT2D eigenvalue weighted by molar-refractivity contribution is 5.84.